The molecule has 0 aromatic heterocycles. The first kappa shape index (κ1) is 14.5. The SMILES string of the molecule is CNC(CC1CCCCCC1)c1ccc(F)cc1C. The zero-order valence-corrected chi connectivity index (χ0v) is 12.2. The maximum Gasteiger partial charge on any atom is 0.123 e. The second kappa shape index (κ2) is 7.04. The number of hydrogen-bond acceptors (Lipinski definition) is 1. The van der Waals surface area contributed by atoms with E-state index in [0.717, 1.165) is 11.5 Å². The Morgan fingerprint density at radius 1 is 1.21 bits per heavy atom. The summed E-state index contributed by atoms with van der Waals surface area (Å²) in [7, 11) is 2.02. The molecule has 1 N–H and O–H groups in total. The van der Waals surface area contributed by atoms with E-state index in [0.29, 0.717) is 6.04 Å². The molecule has 2 rings (SSSR count). The average Bonchev–Trinajstić information content (AvgIpc) is 2.65. The highest BCUT2D eigenvalue weighted by Gasteiger charge is 2.19. The molecule has 1 atom stereocenters. The second-order valence-electron chi connectivity index (χ2n) is 5.94. The van der Waals surface area contributed by atoms with Gasteiger partial charge in [0.05, 0.1) is 0 Å². The van der Waals surface area contributed by atoms with Crippen LogP contribution in [0.3, 0.4) is 0 Å². The van der Waals surface area contributed by atoms with Crippen molar-refractivity contribution in [3.8, 4) is 0 Å². The van der Waals surface area contributed by atoms with Crippen LogP contribution in [0.25, 0.3) is 0 Å². The topological polar surface area (TPSA) is 12.0 Å². The van der Waals surface area contributed by atoms with Crippen molar-refractivity contribution in [2.24, 2.45) is 5.92 Å². The summed E-state index contributed by atoms with van der Waals surface area (Å²) in [4.78, 5) is 0. The van der Waals surface area contributed by atoms with E-state index >= 15 is 0 Å². The number of hydrogen-bond donors (Lipinski definition) is 1. The van der Waals surface area contributed by atoms with Gasteiger partial charge in [-0.15, -0.1) is 0 Å². The van der Waals surface area contributed by atoms with Crippen molar-refractivity contribution in [1.29, 1.82) is 0 Å². The summed E-state index contributed by atoms with van der Waals surface area (Å²) in [5.41, 5.74) is 2.32. The van der Waals surface area contributed by atoms with Gasteiger partial charge in [-0.2, -0.15) is 0 Å². The van der Waals surface area contributed by atoms with Crippen molar-refractivity contribution in [1.82, 2.24) is 5.32 Å². The first-order chi connectivity index (χ1) is 9.20. The monoisotopic (exact) mass is 263 g/mol. The molecule has 106 valence electrons. The zero-order valence-electron chi connectivity index (χ0n) is 12.2. The smallest absolute Gasteiger partial charge is 0.123 e. The Labute approximate surface area is 116 Å². The Kier molecular flexibility index (Phi) is 5.38. The van der Waals surface area contributed by atoms with Crippen molar-refractivity contribution >= 4 is 0 Å². The quantitative estimate of drug-likeness (QED) is 0.773. The van der Waals surface area contributed by atoms with Gasteiger partial charge in [-0.05, 0) is 49.6 Å². The van der Waals surface area contributed by atoms with Crippen molar-refractivity contribution in [3.63, 3.8) is 0 Å². The molecule has 1 aliphatic rings. The van der Waals surface area contributed by atoms with Crippen LogP contribution in [0.15, 0.2) is 18.2 Å². The molecule has 1 fully saturated rings. The number of rotatable bonds is 4. The van der Waals surface area contributed by atoms with E-state index in [4.69, 9.17) is 0 Å². The molecule has 0 spiro atoms. The van der Waals surface area contributed by atoms with Crippen molar-refractivity contribution in [2.75, 3.05) is 7.05 Å². The van der Waals surface area contributed by atoms with E-state index < -0.39 is 0 Å². The minimum atomic E-state index is -0.134. The Morgan fingerprint density at radius 3 is 2.47 bits per heavy atom. The number of benzene rings is 1. The van der Waals surface area contributed by atoms with Crippen LogP contribution in [0.4, 0.5) is 4.39 Å². The van der Waals surface area contributed by atoms with Crippen LogP contribution in [0, 0.1) is 18.7 Å². The van der Waals surface area contributed by atoms with Crippen LogP contribution in [0.2, 0.25) is 0 Å². The predicted octanol–water partition coefficient (Wildman–Crippen LogP) is 4.76. The Morgan fingerprint density at radius 2 is 1.89 bits per heavy atom. The first-order valence-electron chi connectivity index (χ1n) is 7.64. The predicted molar refractivity (Wildman–Crippen MR) is 78.7 cm³/mol. The van der Waals surface area contributed by atoms with Crippen molar-refractivity contribution < 1.29 is 4.39 Å². The minimum absolute atomic E-state index is 0.134. The summed E-state index contributed by atoms with van der Waals surface area (Å²) in [5.74, 6) is 0.690. The average molecular weight is 263 g/mol. The lowest BCUT2D eigenvalue weighted by molar-refractivity contribution is 0.367. The number of aryl methyl sites for hydroxylation is 1. The molecule has 0 saturated heterocycles. The van der Waals surface area contributed by atoms with Crippen LogP contribution in [-0.2, 0) is 0 Å². The molecule has 0 aliphatic heterocycles. The van der Waals surface area contributed by atoms with Gasteiger partial charge in [0.1, 0.15) is 5.82 Å². The molecule has 0 radical (unpaired) electrons. The van der Waals surface area contributed by atoms with Gasteiger partial charge >= 0.3 is 0 Å². The van der Waals surface area contributed by atoms with Crippen LogP contribution in [-0.4, -0.2) is 7.05 Å². The van der Waals surface area contributed by atoms with Crippen LogP contribution >= 0.6 is 0 Å². The minimum Gasteiger partial charge on any atom is -0.313 e. The van der Waals surface area contributed by atoms with Gasteiger partial charge in [0.2, 0.25) is 0 Å². The molecule has 1 aliphatic carbocycles. The molecular formula is C17H26FN. The first-order valence-corrected chi connectivity index (χ1v) is 7.64. The Bertz CT molecular complexity index is 394. The van der Waals surface area contributed by atoms with Crippen LogP contribution in [0.1, 0.15) is 62.1 Å². The lowest BCUT2D eigenvalue weighted by atomic mass is 9.88. The molecule has 1 unspecified atom stereocenters. The second-order valence-corrected chi connectivity index (χ2v) is 5.94. The summed E-state index contributed by atoms with van der Waals surface area (Å²) in [6, 6.07) is 5.54. The van der Waals surface area contributed by atoms with Crippen LogP contribution in [0.5, 0.6) is 0 Å². The van der Waals surface area contributed by atoms with E-state index in [-0.39, 0.29) is 5.82 Å². The van der Waals surface area contributed by atoms with E-state index in [2.05, 4.69) is 5.32 Å². The Hall–Kier alpha value is -0.890. The normalized spacial score (nSPS) is 19.1. The van der Waals surface area contributed by atoms with E-state index in [1.807, 2.05) is 20.0 Å². The summed E-state index contributed by atoms with van der Waals surface area (Å²) < 4.78 is 13.2. The summed E-state index contributed by atoms with van der Waals surface area (Å²) in [6.45, 7) is 2.01. The molecule has 0 bridgehead atoms. The summed E-state index contributed by atoms with van der Waals surface area (Å²) in [6.07, 6.45) is 9.46. The van der Waals surface area contributed by atoms with Gasteiger partial charge < -0.3 is 5.32 Å². The van der Waals surface area contributed by atoms with Gasteiger partial charge in [0.25, 0.3) is 0 Å². The van der Waals surface area contributed by atoms with E-state index in [9.17, 15) is 4.39 Å². The van der Waals surface area contributed by atoms with Gasteiger partial charge in [-0.25, -0.2) is 4.39 Å². The molecule has 1 aromatic rings. The third kappa shape index (κ3) is 4.04. The third-order valence-corrected chi connectivity index (χ3v) is 4.50. The van der Waals surface area contributed by atoms with Gasteiger partial charge in [0.15, 0.2) is 0 Å². The lowest BCUT2D eigenvalue weighted by Crippen LogP contribution is -2.21. The number of nitrogens with one attached hydrogen (secondary N) is 1. The molecule has 0 heterocycles. The molecule has 0 amide bonds. The molecule has 2 heteroatoms. The molecule has 1 nitrogen and oxygen atoms in total. The lowest BCUT2D eigenvalue weighted by Gasteiger charge is -2.24. The third-order valence-electron chi connectivity index (χ3n) is 4.50. The fourth-order valence-electron chi connectivity index (χ4n) is 3.36. The molecular weight excluding hydrogens is 237 g/mol. The molecule has 1 aromatic carbocycles. The van der Waals surface area contributed by atoms with Gasteiger partial charge in [-0.3, -0.25) is 0 Å². The zero-order chi connectivity index (χ0) is 13.7. The maximum atomic E-state index is 13.2. The van der Waals surface area contributed by atoms with Crippen molar-refractivity contribution in [2.45, 2.75) is 57.9 Å². The fourth-order valence-corrected chi connectivity index (χ4v) is 3.36. The van der Waals surface area contributed by atoms with Gasteiger partial charge in [0, 0.05) is 6.04 Å². The summed E-state index contributed by atoms with van der Waals surface area (Å²) in [5, 5.41) is 3.42. The van der Waals surface area contributed by atoms with Crippen molar-refractivity contribution in [3.05, 3.63) is 35.1 Å². The molecule has 19 heavy (non-hydrogen) atoms. The maximum absolute atomic E-state index is 13.2. The highest BCUT2D eigenvalue weighted by molar-refractivity contribution is 5.29. The van der Waals surface area contributed by atoms with Gasteiger partial charge in [-0.1, -0.05) is 44.6 Å². The van der Waals surface area contributed by atoms with Crippen LogP contribution < -0.4 is 5.32 Å². The number of halogens is 1. The standard InChI is InChI=1S/C17H26FN/c1-13-11-15(18)9-10-16(13)17(19-2)12-14-7-5-3-4-6-8-14/h9-11,14,17,19H,3-8,12H2,1-2H3. The highest BCUT2D eigenvalue weighted by atomic mass is 19.1. The van der Waals surface area contributed by atoms with E-state index in [1.165, 1.54) is 50.5 Å². The molecule has 1 saturated carbocycles. The largest absolute Gasteiger partial charge is 0.313 e. The summed E-state index contributed by atoms with van der Waals surface area (Å²) >= 11 is 0. The highest BCUT2D eigenvalue weighted by Crippen LogP contribution is 2.32. The van der Waals surface area contributed by atoms with E-state index in [1.54, 1.807) is 12.1 Å². The Balaban J connectivity index is 2.06. The fraction of sp³-hybridized carbons (Fsp3) is 0.647.